The highest BCUT2D eigenvalue weighted by atomic mass is 15.3. The maximum atomic E-state index is 4.65. The Balaban J connectivity index is 1.79. The zero-order valence-corrected chi connectivity index (χ0v) is 13.6. The fourth-order valence-corrected chi connectivity index (χ4v) is 2.31. The van der Waals surface area contributed by atoms with Gasteiger partial charge < -0.3 is 10.2 Å². The molecule has 24 heavy (non-hydrogen) atoms. The molecule has 0 unspecified atom stereocenters. The molecule has 0 spiro atoms. The summed E-state index contributed by atoms with van der Waals surface area (Å²) in [5, 5.41) is 3.30. The Labute approximate surface area is 141 Å². The molecule has 5 nitrogen and oxygen atoms in total. The van der Waals surface area contributed by atoms with E-state index in [1.165, 1.54) is 6.33 Å². The molecule has 120 valence electrons. The van der Waals surface area contributed by atoms with E-state index in [1.807, 2.05) is 54.4 Å². The van der Waals surface area contributed by atoms with E-state index in [0.29, 0.717) is 12.5 Å². The van der Waals surface area contributed by atoms with Crippen LogP contribution in [-0.2, 0) is 0 Å². The number of nitrogens with zero attached hydrogens (tertiary/aromatic N) is 4. The molecule has 1 aromatic carbocycles. The lowest BCUT2D eigenvalue weighted by Crippen LogP contribution is -2.40. The summed E-state index contributed by atoms with van der Waals surface area (Å²) < 4.78 is 0. The van der Waals surface area contributed by atoms with Crippen LogP contribution in [0, 0.1) is 0 Å². The Hall–Kier alpha value is -3.21. The van der Waals surface area contributed by atoms with Crippen LogP contribution in [-0.4, -0.2) is 34.4 Å². The SMILES string of the molecule is C=C(CN=C1NC(c2ccncn2)=CC(=C)N1C)c1ccccc1. The van der Waals surface area contributed by atoms with E-state index >= 15 is 0 Å². The van der Waals surface area contributed by atoms with Gasteiger partial charge in [-0.25, -0.2) is 15.0 Å². The van der Waals surface area contributed by atoms with Crippen molar-refractivity contribution in [3.63, 3.8) is 0 Å². The van der Waals surface area contributed by atoms with Gasteiger partial charge in [-0.2, -0.15) is 0 Å². The molecule has 0 saturated carbocycles. The Bertz CT molecular complexity index is 806. The second kappa shape index (κ2) is 6.91. The third-order valence-corrected chi connectivity index (χ3v) is 3.77. The lowest BCUT2D eigenvalue weighted by molar-refractivity contribution is 0.616. The van der Waals surface area contributed by atoms with Crippen LogP contribution in [0.1, 0.15) is 11.3 Å². The van der Waals surface area contributed by atoms with E-state index in [4.69, 9.17) is 0 Å². The first-order valence-corrected chi connectivity index (χ1v) is 7.60. The van der Waals surface area contributed by atoms with Crippen LogP contribution in [0.2, 0.25) is 0 Å². The topological polar surface area (TPSA) is 53.4 Å². The van der Waals surface area contributed by atoms with Gasteiger partial charge in [0.05, 0.1) is 17.9 Å². The molecule has 0 aliphatic carbocycles. The molecule has 1 aliphatic heterocycles. The molecule has 1 aromatic heterocycles. The number of allylic oxidation sites excluding steroid dienone is 1. The van der Waals surface area contributed by atoms with Crippen LogP contribution < -0.4 is 5.32 Å². The number of hydrogen-bond acceptors (Lipinski definition) is 3. The number of nitrogens with one attached hydrogen (secondary N) is 1. The smallest absolute Gasteiger partial charge is 0.203 e. The summed E-state index contributed by atoms with van der Waals surface area (Å²) in [6.07, 6.45) is 5.17. The van der Waals surface area contributed by atoms with E-state index in [0.717, 1.165) is 28.2 Å². The van der Waals surface area contributed by atoms with Crippen molar-refractivity contribution in [3.8, 4) is 0 Å². The van der Waals surface area contributed by atoms with Gasteiger partial charge in [0, 0.05) is 18.9 Å². The molecule has 2 heterocycles. The minimum absolute atomic E-state index is 0.501. The minimum atomic E-state index is 0.501. The molecule has 0 amide bonds. The highest BCUT2D eigenvalue weighted by Crippen LogP contribution is 2.18. The van der Waals surface area contributed by atoms with Crippen LogP contribution in [0.15, 0.2) is 78.8 Å². The quantitative estimate of drug-likeness (QED) is 0.942. The second-order valence-electron chi connectivity index (χ2n) is 5.44. The normalized spacial score (nSPS) is 15.9. The number of likely N-dealkylation sites (N-methyl/N-ethyl adjacent to an activating group) is 1. The molecule has 0 bridgehead atoms. The van der Waals surface area contributed by atoms with Crippen molar-refractivity contribution in [2.75, 3.05) is 13.6 Å². The van der Waals surface area contributed by atoms with Gasteiger partial charge >= 0.3 is 0 Å². The summed E-state index contributed by atoms with van der Waals surface area (Å²) in [5.41, 5.74) is 4.54. The molecule has 0 fully saturated rings. The number of hydrogen-bond donors (Lipinski definition) is 1. The van der Waals surface area contributed by atoms with E-state index in [2.05, 4.69) is 33.4 Å². The van der Waals surface area contributed by atoms with E-state index in [9.17, 15) is 0 Å². The van der Waals surface area contributed by atoms with Crippen LogP contribution in [0.25, 0.3) is 11.3 Å². The average molecular weight is 317 g/mol. The summed E-state index contributed by atoms with van der Waals surface area (Å²) in [5.74, 6) is 0.716. The third kappa shape index (κ3) is 3.41. The predicted molar refractivity (Wildman–Crippen MR) is 97.8 cm³/mol. The zero-order chi connectivity index (χ0) is 16.9. The third-order valence-electron chi connectivity index (χ3n) is 3.77. The van der Waals surface area contributed by atoms with Gasteiger partial charge in [-0.1, -0.05) is 43.5 Å². The lowest BCUT2D eigenvalue weighted by Gasteiger charge is -2.28. The van der Waals surface area contributed by atoms with Crippen molar-refractivity contribution in [3.05, 3.63) is 85.1 Å². The Morgan fingerprint density at radius 2 is 2.04 bits per heavy atom. The summed E-state index contributed by atoms with van der Waals surface area (Å²) in [6.45, 7) is 8.69. The monoisotopic (exact) mass is 317 g/mol. The fourth-order valence-electron chi connectivity index (χ4n) is 2.31. The molecule has 2 aromatic rings. The average Bonchev–Trinajstić information content (AvgIpc) is 2.64. The molecular formula is C19H19N5. The van der Waals surface area contributed by atoms with Crippen LogP contribution in [0.3, 0.4) is 0 Å². The zero-order valence-electron chi connectivity index (χ0n) is 13.6. The van der Waals surface area contributed by atoms with Gasteiger partial charge in [0.1, 0.15) is 6.33 Å². The van der Waals surface area contributed by atoms with Crippen LogP contribution >= 0.6 is 0 Å². The van der Waals surface area contributed by atoms with Crippen LogP contribution in [0.5, 0.6) is 0 Å². The van der Waals surface area contributed by atoms with Crippen molar-refractivity contribution in [1.29, 1.82) is 0 Å². The molecule has 0 saturated heterocycles. The maximum absolute atomic E-state index is 4.65. The first-order valence-electron chi connectivity index (χ1n) is 7.60. The van der Waals surface area contributed by atoms with Crippen molar-refractivity contribution < 1.29 is 0 Å². The number of rotatable bonds is 4. The molecule has 0 radical (unpaired) electrons. The Morgan fingerprint density at radius 3 is 2.75 bits per heavy atom. The summed E-state index contributed by atoms with van der Waals surface area (Å²) >= 11 is 0. The van der Waals surface area contributed by atoms with E-state index in [1.54, 1.807) is 6.20 Å². The number of aliphatic imine (C=N–C) groups is 1. The van der Waals surface area contributed by atoms with Gasteiger partial charge in [-0.3, -0.25) is 0 Å². The number of aromatic nitrogens is 2. The second-order valence-corrected chi connectivity index (χ2v) is 5.44. The summed E-state index contributed by atoms with van der Waals surface area (Å²) in [4.78, 5) is 14.8. The summed E-state index contributed by atoms with van der Waals surface area (Å²) in [6, 6.07) is 11.9. The molecule has 1 N–H and O–H groups in total. The van der Waals surface area contributed by atoms with E-state index in [-0.39, 0.29) is 0 Å². The molecule has 3 rings (SSSR count). The van der Waals surface area contributed by atoms with Gasteiger partial charge in [0.2, 0.25) is 5.96 Å². The number of benzene rings is 1. The Kier molecular flexibility index (Phi) is 4.52. The molecular weight excluding hydrogens is 298 g/mol. The molecule has 5 heteroatoms. The number of guanidine groups is 1. The fraction of sp³-hybridized carbons (Fsp3) is 0.105. The van der Waals surface area contributed by atoms with Crippen molar-refractivity contribution >= 4 is 17.2 Å². The Morgan fingerprint density at radius 1 is 1.25 bits per heavy atom. The molecule has 1 aliphatic rings. The molecule has 0 atom stereocenters. The summed E-state index contributed by atoms with van der Waals surface area (Å²) in [7, 11) is 1.92. The highest BCUT2D eigenvalue weighted by molar-refractivity contribution is 5.93. The minimum Gasteiger partial charge on any atom is -0.324 e. The van der Waals surface area contributed by atoms with Gasteiger partial charge in [-0.05, 0) is 23.3 Å². The first-order chi connectivity index (χ1) is 11.6. The van der Waals surface area contributed by atoms with E-state index < -0.39 is 0 Å². The standard InChI is InChI=1S/C19H19N5/c1-14(16-7-5-4-6-8-16)12-21-19-23-18(11-15(2)24(19)3)17-9-10-20-13-22-17/h4-11,13H,1-2,12H2,3H3,(H,21,23). The van der Waals surface area contributed by atoms with Gasteiger partial charge in [0.15, 0.2) is 0 Å². The van der Waals surface area contributed by atoms with Crippen molar-refractivity contribution in [2.24, 2.45) is 4.99 Å². The predicted octanol–water partition coefficient (Wildman–Crippen LogP) is 2.94. The first kappa shape index (κ1) is 15.7. The van der Waals surface area contributed by atoms with Crippen molar-refractivity contribution in [2.45, 2.75) is 0 Å². The lowest BCUT2D eigenvalue weighted by atomic mass is 10.1. The van der Waals surface area contributed by atoms with Crippen molar-refractivity contribution in [1.82, 2.24) is 20.2 Å². The maximum Gasteiger partial charge on any atom is 0.203 e. The van der Waals surface area contributed by atoms with Gasteiger partial charge in [0.25, 0.3) is 0 Å². The van der Waals surface area contributed by atoms with Gasteiger partial charge in [-0.15, -0.1) is 0 Å². The van der Waals surface area contributed by atoms with Crippen LogP contribution in [0.4, 0.5) is 0 Å². The highest BCUT2D eigenvalue weighted by Gasteiger charge is 2.18. The largest absolute Gasteiger partial charge is 0.324 e.